The number of carbonyl (C=O) groups is 1. The Bertz CT molecular complexity index is 539. The first-order chi connectivity index (χ1) is 9.90. The third-order valence-corrected chi connectivity index (χ3v) is 3.49. The van der Waals surface area contributed by atoms with E-state index in [-0.39, 0.29) is 17.3 Å². The van der Waals surface area contributed by atoms with Gasteiger partial charge < -0.3 is 10.1 Å². The van der Waals surface area contributed by atoms with Crippen molar-refractivity contribution >= 4 is 29.1 Å². The van der Waals surface area contributed by atoms with Crippen LogP contribution in [0.1, 0.15) is 23.7 Å². The van der Waals surface area contributed by atoms with Gasteiger partial charge >= 0.3 is 5.97 Å². The van der Waals surface area contributed by atoms with Gasteiger partial charge in [0.05, 0.1) is 23.7 Å². The first-order valence-electron chi connectivity index (χ1n) is 6.22. The topological polar surface area (TPSA) is 81.5 Å². The van der Waals surface area contributed by atoms with E-state index in [0.29, 0.717) is 0 Å². The van der Waals surface area contributed by atoms with E-state index >= 15 is 0 Å². The molecule has 8 heteroatoms. The Morgan fingerprint density at radius 1 is 1.57 bits per heavy atom. The van der Waals surface area contributed by atoms with Gasteiger partial charge in [-0.05, 0) is 31.4 Å². The lowest BCUT2D eigenvalue weighted by atomic mass is 10.1. The highest BCUT2D eigenvalue weighted by molar-refractivity contribution is 7.98. The first kappa shape index (κ1) is 17.2. The fourth-order valence-electron chi connectivity index (χ4n) is 1.73. The highest BCUT2D eigenvalue weighted by Crippen LogP contribution is 2.29. The van der Waals surface area contributed by atoms with Crippen molar-refractivity contribution in [3.05, 3.63) is 33.6 Å². The van der Waals surface area contributed by atoms with Crippen LogP contribution in [-0.2, 0) is 4.74 Å². The van der Waals surface area contributed by atoms with Gasteiger partial charge in [-0.3, -0.25) is 10.1 Å². The number of ether oxygens (including phenoxy) is 1. The maximum atomic E-state index is 13.7. The molecule has 21 heavy (non-hydrogen) atoms. The summed E-state index contributed by atoms with van der Waals surface area (Å²) in [5.74, 6) is -0.967. The summed E-state index contributed by atoms with van der Waals surface area (Å²) in [6.45, 7) is 1.86. The molecule has 0 amide bonds. The number of carbonyl (C=O) groups excluding carboxylic acids is 1. The Morgan fingerprint density at radius 2 is 2.24 bits per heavy atom. The van der Waals surface area contributed by atoms with Crippen LogP contribution < -0.4 is 5.32 Å². The van der Waals surface area contributed by atoms with Gasteiger partial charge in [-0.15, -0.1) is 0 Å². The summed E-state index contributed by atoms with van der Waals surface area (Å²) in [5, 5.41) is 13.9. The summed E-state index contributed by atoms with van der Waals surface area (Å²) in [6.07, 6.45) is 2.74. The average molecular weight is 316 g/mol. The smallest absolute Gasteiger partial charge is 0.340 e. The lowest BCUT2D eigenvalue weighted by molar-refractivity contribution is -0.384. The van der Waals surface area contributed by atoms with E-state index in [1.165, 1.54) is 0 Å². The largest absolute Gasteiger partial charge is 0.465 e. The highest BCUT2D eigenvalue weighted by atomic mass is 32.2. The van der Waals surface area contributed by atoms with Crippen molar-refractivity contribution in [2.75, 3.05) is 24.4 Å². The van der Waals surface area contributed by atoms with Crippen molar-refractivity contribution in [1.82, 2.24) is 0 Å². The molecule has 0 fully saturated rings. The Morgan fingerprint density at radius 3 is 2.76 bits per heavy atom. The molecular formula is C13H17FN2O4S. The van der Waals surface area contributed by atoms with E-state index in [1.54, 1.807) is 11.8 Å². The third kappa shape index (κ3) is 4.59. The molecule has 0 saturated carbocycles. The SMILES string of the molecule is COC(=O)c1cc(NC(C)CCSC)c([N+](=O)[O-])cc1F. The zero-order valence-electron chi connectivity index (χ0n) is 12.0. The zero-order valence-corrected chi connectivity index (χ0v) is 12.8. The molecule has 0 aromatic heterocycles. The predicted molar refractivity (Wildman–Crippen MR) is 80.5 cm³/mol. The van der Waals surface area contributed by atoms with E-state index in [1.807, 2.05) is 13.2 Å². The minimum atomic E-state index is -0.976. The zero-order chi connectivity index (χ0) is 16.0. The van der Waals surface area contributed by atoms with Gasteiger partial charge in [0.15, 0.2) is 0 Å². The number of nitro groups is 1. The van der Waals surface area contributed by atoms with Gasteiger partial charge in [0.2, 0.25) is 0 Å². The van der Waals surface area contributed by atoms with E-state index < -0.39 is 22.4 Å². The van der Waals surface area contributed by atoms with Crippen molar-refractivity contribution in [3.8, 4) is 0 Å². The molecule has 0 aliphatic carbocycles. The fourth-order valence-corrected chi connectivity index (χ4v) is 2.32. The summed E-state index contributed by atoms with van der Waals surface area (Å²) in [5.41, 5.74) is -0.630. The van der Waals surface area contributed by atoms with Crippen LogP contribution in [0.4, 0.5) is 15.8 Å². The van der Waals surface area contributed by atoms with Gasteiger partial charge in [0.1, 0.15) is 11.5 Å². The lowest BCUT2D eigenvalue weighted by Gasteiger charge is -2.15. The normalized spacial score (nSPS) is 11.8. The second-order valence-electron chi connectivity index (χ2n) is 4.42. The number of hydrogen-bond acceptors (Lipinski definition) is 6. The Kier molecular flexibility index (Phi) is 6.41. The molecule has 1 atom stereocenters. The maximum absolute atomic E-state index is 13.7. The molecule has 0 heterocycles. The summed E-state index contributed by atoms with van der Waals surface area (Å²) < 4.78 is 18.2. The molecule has 0 radical (unpaired) electrons. The number of thioether (sulfide) groups is 1. The van der Waals surface area contributed by atoms with Gasteiger partial charge in [-0.2, -0.15) is 11.8 Å². The minimum Gasteiger partial charge on any atom is -0.465 e. The van der Waals surface area contributed by atoms with Crippen LogP contribution in [0.25, 0.3) is 0 Å². The number of esters is 1. The van der Waals surface area contributed by atoms with Crippen LogP contribution in [0.3, 0.4) is 0 Å². The van der Waals surface area contributed by atoms with Gasteiger partial charge in [0, 0.05) is 6.04 Å². The molecule has 1 rings (SSSR count). The Labute approximate surface area is 126 Å². The van der Waals surface area contributed by atoms with Crippen LogP contribution in [0.5, 0.6) is 0 Å². The van der Waals surface area contributed by atoms with Crippen molar-refractivity contribution in [3.63, 3.8) is 0 Å². The molecule has 1 aromatic carbocycles. The first-order valence-corrected chi connectivity index (χ1v) is 7.61. The van der Waals surface area contributed by atoms with E-state index in [9.17, 15) is 19.3 Å². The molecule has 0 saturated heterocycles. The quantitative estimate of drug-likeness (QED) is 0.473. The molecule has 0 aliphatic rings. The number of nitrogens with one attached hydrogen (secondary N) is 1. The maximum Gasteiger partial charge on any atom is 0.340 e. The van der Waals surface area contributed by atoms with Crippen molar-refractivity contribution in [2.45, 2.75) is 19.4 Å². The number of halogens is 1. The summed E-state index contributed by atoms with van der Waals surface area (Å²) in [6, 6.07) is 1.80. The van der Waals surface area contributed by atoms with Crippen LogP contribution in [0, 0.1) is 15.9 Å². The van der Waals surface area contributed by atoms with Gasteiger partial charge in [-0.1, -0.05) is 0 Å². The van der Waals surface area contributed by atoms with Crippen LogP contribution >= 0.6 is 11.8 Å². The molecule has 116 valence electrons. The Hall–Kier alpha value is -1.83. The van der Waals surface area contributed by atoms with Crippen molar-refractivity contribution in [2.24, 2.45) is 0 Å². The summed E-state index contributed by atoms with van der Waals surface area (Å²) >= 11 is 1.66. The van der Waals surface area contributed by atoms with E-state index in [2.05, 4.69) is 10.1 Å². The fraction of sp³-hybridized carbons (Fsp3) is 0.462. The number of rotatable bonds is 7. The molecule has 0 aliphatic heterocycles. The number of hydrogen-bond donors (Lipinski definition) is 1. The summed E-state index contributed by atoms with van der Waals surface area (Å²) in [4.78, 5) is 21.8. The number of nitrogens with zero attached hydrogens (tertiary/aromatic N) is 1. The van der Waals surface area contributed by atoms with Crippen LogP contribution in [0.2, 0.25) is 0 Å². The van der Waals surface area contributed by atoms with Crippen molar-refractivity contribution < 1.29 is 18.8 Å². The van der Waals surface area contributed by atoms with Gasteiger partial charge in [-0.25, -0.2) is 9.18 Å². The van der Waals surface area contributed by atoms with Gasteiger partial charge in [0.25, 0.3) is 5.69 Å². The predicted octanol–water partition coefficient (Wildman–Crippen LogP) is 3.07. The third-order valence-electron chi connectivity index (χ3n) is 2.84. The Balaban J connectivity index is 3.14. The molecule has 0 bridgehead atoms. The van der Waals surface area contributed by atoms with Crippen LogP contribution in [-0.4, -0.2) is 36.1 Å². The number of benzene rings is 1. The lowest BCUT2D eigenvalue weighted by Crippen LogP contribution is -2.18. The minimum absolute atomic E-state index is 0.0490. The van der Waals surface area contributed by atoms with Crippen LogP contribution in [0.15, 0.2) is 12.1 Å². The number of anilines is 1. The average Bonchev–Trinajstić information content (AvgIpc) is 2.45. The molecule has 1 N–H and O–H groups in total. The van der Waals surface area contributed by atoms with E-state index in [4.69, 9.17) is 0 Å². The summed E-state index contributed by atoms with van der Waals surface area (Å²) in [7, 11) is 1.12. The second kappa shape index (κ2) is 7.82. The molecular weight excluding hydrogens is 299 g/mol. The molecule has 0 spiro atoms. The van der Waals surface area contributed by atoms with E-state index in [0.717, 1.165) is 31.4 Å². The monoisotopic (exact) mass is 316 g/mol. The standard InChI is InChI=1S/C13H17FN2O4S/c1-8(4-5-21-3)15-11-6-9(13(17)20-2)10(14)7-12(11)16(18)19/h6-8,15H,4-5H2,1-3H3. The second-order valence-corrected chi connectivity index (χ2v) is 5.41. The molecule has 1 unspecified atom stereocenters. The van der Waals surface area contributed by atoms with Crippen molar-refractivity contribution in [1.29, 1.82) is 0 Å². The highest BCUT2D eigenvalue weighted by Gasteiger charge is 2.23. The number of methoxy groups -OCH3 is 1. The number of nitro benzene ring substituents is 1. The molecule has 6 nitrogen and oxygen atoms in total. The molecule has 1 aromatic rings.